The molecular formula is C27H36N8O3. The van der Waals surface area contributed by atoms with E-state index < -0.39 is 5.60 Å². The number of carbonyl (C=O) groups excluding carboxylic acids is 2. The van der Waals surface area contributed by atoms with Crippen LogP contribution >= 0.6 is 0 Å². The molecule has 4 rings (SSSR count). The molecular weight excluding hydrogens is 484 g/mol. The summed E-state index contributed by atoms with van der Waals surface area (Å²) in [6.07, 6.45) is 3.22. The minimum Gasteiger partial charge on any atom is -0.444 e. The van der Waals surface area contributed by atoms with Gasteiger partial charge in [0.05, 0.1) is 5.69 Å². The van der Waals surface area contributed by atoms with Crippen molar-refractivity contribution in [3.8, 4) is 11.3 Å². The molecule has 4 heterocycles. The van der Waals surface area contributed by atoms with Crippen LogP contribution in [0.5, 0.6) is 0 Å². The third-order valence-corrected chi connectivity index (χ3v) is 5.77. The number of anilines is 3. The number of aromatic nitrogens is 4. The van der Waals surface area contributed by atoms with Crippen molar-refractivity contribution in [2.75, 3.05) is 36.4 Å². The lowest BCUT2D eigenvalue weighted by atomic mass is 10.1. The summed E-state index contributed by atoms with van der Waals surface area (Å²) < 4.78 is 7.23. The van der Waals surface area contributed by atoms with Crippen molar-refractivity contribution >= 4 is 29.5 Å². The van der Waals surface area contributed by atoms with Gasteiger partial charge in [-0.2, -0.15) is 5.10 Å². The summed E-state index contributed by atoms with van der Waals surface area (Å²) in [6.45, 7) is 11.6. The van der Waals surface area contributed by atoms with E-state index >= 15 is 0 Å². The monoisotopic (exact) mass is 520 g/mol. The van der Waals surface area contributed by atoms with Gasteiger partial charge in [0.1, 0.15) is 17.2 Å². The minimum atomic E-state index is -0.544. The quantitative estimate of drug-likeness (QED) is 0.504. The number of carbonyl (C=O) groups is 2. The SMILES string of the molecule is CC(C)NC(=O)c1cc(-c2ccnc(Nc3ccn(C)n3)c2)nc(N2CCN(C(=O)OC(C)(C)C)CC2)c1. The number of rotatable bonds is 6. The molecule has 2 amide bonds. The molecule has 0 aliphatic carbocycles. The molecule has 1 aliphatic heterocycles. The molecule has 0 unspecified atom stereocenters. The third-order valence-electron chi connectivity index (χ3n) is 5.77. The number of piperazine rings is 1. The number of amides is 2. The van der Waals surface area contributed by atoms with Gasteiger partial charge in [-0.15, -0.1) is 0 Å². The van der Waals surface area contributed by atoms with Crippen LogP contribution < -0.4 is 15.5 Å². The van der Waals surface area contributed by atoms with Crippen LogP contribution in [0.2, 0.25) is 0 Å². The van der Waals surface area contributed by atoms with Crippen molar-refractivity contribution in [1.29, 1.82) is 0 Å². The number of pyridine rings is 2. The molecule has 0 saturated carbocycles. The summed E-state index contributed by atoms with van der Waals surface area (Å²) in [5, 5.41) is 10.5. The van der Waals surface area contributed by atoms with Crippen molar-refractivity contribution in [1.82, 2.24) is 30.0 Å². The predicted molar refractivity (Wildman–Crippen MR) is 147 cm³/mol. The van der Waals surface area contributed by atoms with E-state index in [9.17, 15) is 9.59 Å². The molecule has 0 aromatic carbocycles. The van der Waals surface area contributed by atoms with Gasteiger partial charge in [-0.1, -0.05) is 0 Å². The summed E-state index contributed by atoms with van der Waals surface area (Å²) in [4.78, 5) is 38.6. The summed E-state index contributed by atoms with van der Waals surface area (Å²) >= 11 is 0. The van der Waals surface area contributed by atoms with Gasteiger partial charge >= 0.3 is 6.09 Å². The van der Waals surface area contributed by atoms with Gasteiger partial charge in [0, 0.05) is 68.9 Å². The Morgan fingerprint density at radius 2 is 1.76 bits per heavy atom. The van der Waals surface area contributed by atoms with Crippen LogP contribution in [0.25, 0.3) is 11.3 Å². The molecule has 3 aromatic heterocycles. The van der Waals surface area contributed by atoms with Gasteiger partial charge < -0.3 is 25.2 Å². The van der Waals surface area contributed by atoms with Crippen molar-refractivity contribution in [3.05, 3.63) is 48.3 Å². The number of aryl methyl sites for hydroxylation is 1. The Bertz CT molecular complexity index is 1290. The van der Waals surface area contributed by atoms with Crippen LogP contribution in [0, 0.1) is 0 Å². The van der Waals surface area contributed by atoms with Crippen LogP contribution in [0.1, 0.15) is 45.0 Å². The number of hydrogen-bond acceptors (Lipinski definition) is 8. The highest BCUT2D eigenvalue weighted by Gasteiger charge is 2.27. The lowest BCUT2D eigenvalue weighted by Crippen LogP contribution is -2.50. The molecule has 0 radical (unpaired) electrons. The Kier molecular flexibility index (Phi) is 7.84. The van der Waals surface area contributed by atoms with Crippen molar-refractivity contribution in [3.63, 3.8) is 0 Å². The van der Waals surface area contributed by atoms with E-state index in [1.165, 1.54) is 0 Å². The van der Waals surface area contributed by atoms with Crippen LogP contribution in [-0.2, 0) is 11.8 Å². The largest absolute Gasteiger partial charge is 0.444 e. The molecule has 1 fully saturated rings. The van der Waals surface area contributed by atoms with Crippen molar-refractivity contribution < 1.29 is 14.3 Å². The highest BCUT2D eigenvalue weighted by molar-refractivity contribution is 5.96. The summed E-state index contributed by atoms with van der Waals surface area (Å²) in [6, 6.07) is 9.19. The first-order valence-electron chi connectivity index (χ1n) is 12.8. The maximum atomic E-state index is 13.0. The van der Waals surface area contributed by atoms with Gasteiger partial charge in [0.25, 0.3) is 5.91 Å². The lowest BCUT2D eigenvalue weighted by molar-refractivity contribution is 0.0240. The molecule has 1 aliphatic rings. The lowest BCUT2D eigenvalue weighted by Gasteiger charge is -2.36. The first-order chi connectivity index (χ1) is 18.0. The first kappa shape index (κ1) is 26.9. The molecule has 0 bridgehead atoms. The fraction of sp³-hybridized carbons (Fsp3) is 0.444. The number of ether oxygens (including phenoxy) is 1. The normalized spacial score (nSPS) is 14.0. The predicted octanol–water partition coefficient (Wildman–Crippen LogP) is 3.82. The second-order valence-electron chi connectivity index (χ2n) is 10.6. The highest BCUT2D eigenvalue weighted by atomic mass is 16.6. The fourth-order valence-corrected chi connectivity index (χ4v) is 4.02. The molecule has 1 saturated heterocycles. The average molecular weight is 521 g/mol. The Morgan fingerprint density at radius 3 is 2.39 bits per heavy atom. The van der Waals surface area contributed by atoms with Crippen LogP contribution in [0.4, 0.5) is 22.2 Å². The van der Waals surface area contributed by atoms with Gasteiger partial charge in [0.2, 0.25) is 0 Å². The van der Waals surface area contributed by atoms with E-state index in [-0.39, 0.29) is 18.0 Å². The van der Waals surface area contributed by atoms with E-state index in [0.717, 1.165) is 5.56 Å². The molecule has 2 N–H and O–H groups in total. The molecule has 0 spiro atoms. The minimum absolute atomic E-state index is 0.00459. The number of nitrogens with one attached hydrogen (secondary N) is 2. The van der Waals surface area contributed by atoms with E-state index in [1.807, 2.05) is 66.1 Å². The van der Waals surface area contributed by atoms with Crippen LogP contribution in [0.15, 0.2) is 42.7 Å². The second kappa shape index (κ2) is 11.1. The number of hydrogen-bond donors (Lipinski definition) is 2. The topological polar surface area (TPSA) is 118 Å². The van der Waals surface area contributed by atoms with Gasteiger partial charge in [-0.25, -0.2) is 14.8 Å². The summed E-state index contributed by atoms with van der Waals surface area (Å²) in [7, 11) is 1.85. The molecule has 3 aromatic rings. The van der Waals surface area contributed by atoms with E-state index in [1.54, 1.807) is 27.9 Å². The van der Waals surface area contributed by atoms with Crippen LogP contribution in [0.3, 0.4) is 0 Å². The Balaban J connectivity index is 1.59. The zero-order valence-electron chi connectivity index (χ0n) is 22.9. The Labute approximate surface area is 223 Å². The Morgan fingerprint density at radius 1 is 1.03 bits per heavy atom. The zero-order valence-corrected chi connectivity index (χ0v) is 22.9. The van der Waals surface area contributed by atoms with Gasteiger partial charge in [0.15, 0.2) is 5.82 Å². The van der Waals surface area contributed by atoms with E-state index in [0.29, 0.717) is 54.9 Å². The Hall–Kier alpha value is -4.15. The van der Waals surface area contributed by atoms with Crippen LogP contribution in [-0.4, -0.2) is 74.5 Å². The molecule has 11 nitrogen and oxygen atoms in total. The molecule has 202 valence electrons. The summed E-state index contributed by atoms with van der Waals surface area (Å²) in [5.74, 6) is 1.81. The van der Waals surface area contributed by atoms with Crippen molar-refractivity contribution in [2.45, 2.75) is 46.3 Å². The maximum absolute atomic E-state index is 13.0. The standard InChI is InChI=1S/C27H36N8O3/c1-18(2)29-25(36)20-15-21(19-7-9-28-23(16-19)31-22-8-10-33(6)32-22)30-24(17-20)34-11-13-35(14-12-34)26(37)38-27(3,4)5/h7-10,15-18H,11-14H2,1-6H3,(H,29,36)(H,28,31,32). The third kappa shape index (κ3) is 6.99. The van der Waals surface area contributed by atoms with E-state index in [2.05, 4.69) is 25.6 Å². The molecule has 0 atom stereocenters. The molecule has 11 heteroatoms. The smallest absolute Gasteiger partial charge is 0.410 e. The maximum Gasteiger partial charge on any atom is 0.410 e. The average Bonchev–Trinajstić information content (AvgIpc) is 3.27. The van der Waals surface area contributed by atoms with E-state index in [4.69, 9.17) is 9.72 Å². The summed E-state index contributed by atoms with van der Waals surface area (Å²) in [5.41, 5.74) is 1.44. The van der Waals surface area contributed by atoms with Gasteiger partial charge in [-0.3, -0.25) is 9.48 Å². The van der Waals surface area contributed by atoms with Gasteiger partial charge in [-0.05, 0) is 58.9 Å². The highest BCUT2D eigenvalue weighted by Crippen LogP contribution is 2.26. The second-order valence-corrected chi connectivity index (χ2v) is 10.6. The zero-order chi connectivity index (χ0) is 27.4. The first-order valence-corrected chi connectivity index (χ1v) is 12.8. The fourth-order valence-electron chi connectivity index (χ4n) is 4.02. The number of nitrogens with zero attached hydrogens (tertiary/aromatic N) is 6. The molecule has 38 heavy (non-hydrogen) atoms. The van der Waals surface area contributed by atoms with Crippen molar-refractivity contribution in [2.24, 2.45) is 7.05 Å².